The first-order chi connectivity index (χ1) is 21.7. The largest absolute Gasteiger partial charge is 0.305 e. The fourth-order valence-electron chi connectivity index (χ4n) is 7.07. The molecule has 0 unspecified atom stereocenters. The van der Waals surface area contributed by atoms with Crippen LogP contribution >= 0.6 is 0 Å². The third-order valence-electron chi connectivity index (χ3n) is 9.41. The molecular formula is C42H32IrN2-2. The predicted octanol–water partition coefficient (Wildman–Crippen LogP) is 9.88. The summed E-state index contributed by atoms with van der Waals surface area (Å²) in [5.74, 6) is 0. The van der Waals surface area contributed by atoms with Crippen LogP contribution in [0.25, 0.3) is 55.2 Å². The van der Waals surface area contributed by atoms with E-state index in [1.54, 1.807) is 6.20 Å². The van der Waals surface area contributed by atoms with Gasteiger partial charge in [0, 0.05) is 32.5 Å². The molecule has 0 aliphatic heterocycles. The molecular weight excluding hydrogens is 725 g/mol. The van der Waals surface area contributed by atoms with Gasteiger partial charge in [0.25, 0.3) is 0 Å². The molecule has 0 amide bonds. The predicted molar refractivity (Wildman–Crippen MR) is 182 cm³/mol. The van der Waals surface area contributed by atoms with Gasteiger partial charge in [0.05, 0.1) is 0 Å². The molecule has 2 heterocycles. The summed E-state index contributed by atoms with van der Waals surface area (Å²) in [6.07, 6.45) is 8.17. The van der Waals surface area contributed by atoms with Gasteiger partial charge in [-0.1, -0.05) is 65.7 Å². The summed E-state index contributed by atoms with van der Waals surface area (Å²) in [7, 11) is 0. The van der Waals surface area contributed by atoms with E-state index < -0.39 is 0 Å². The SMILES string of the molecule is Cc1ccc2c(ccc3c(-c4[c-]c5c6c(c4)CCc4cccc(c4-6)CC5)nccc32)c1C.[Ir].[c-]1ccccc1-c1ccccn1. The quantitative estimate of drug-likeness (QED) is 0.130. The first kappa shape index (κ1) is 29.3. The number of hydrogen-bond acceptors (Lipinski definition) is 2. The molecule has 0 saturated heterocycles. The van der Waals surface area contributed by atoms with Crippen LogP contribution in [0, 0.1) is 26.0 Å². The van der Waals surface area contributed by atoms with Crippen LogP contribution in [0.1, 0.15) is 33.4 Å². The van der Waals surface area contributed by atoms with Gasteiger partial charge >= 0.3 is 0 Å². The van der Waals surface area contributed by atoms with Gasteiger partial charge in [-0.05, 0) is 107 Å². The van der Waals surface area contributed by atoms with Crippen molar-refractivity contribution in [3.8, 4) is 33.6 Å². The maximum Gasteiger partial charge on any atom is 0.0167 e. The summed E-state index contributed by atoms with van der Waals surface area (Å²) in [5, 5.41) is 5.15. The van der Waals surface area contributed by atoms with Crippen LogP contribution < -0.4 is 0 Å². The first-order valence-corrected chi connectivity index (χ1v) is 15.5. The molecule has 0 bridgehead atoms. The number of pyridine rings is 2. The topological polar surface area (TPSA) is 25.8 Å². The van der Waals surface area contributed by atoms with Crippen molar-refractivity contribution >= 4 is 21.5 Å². The Morgan fingerprint density at radius 1 is 0.578 bits per heavy atom. The summed E-state index contributed by atoms with van der Waals surface area (Å²) < 4.78 is 0. The van der Waals surface area contributed by atoms with Crippen LogP contribution in [-0.4, -0.2) is 9.97 Å². The Hall–Kier alpha value is -4.43. The molecule has 0 N–H and O–H groups in total. The van der Waals surface area contributed by atoms with Crippen LogP contribution in [0.5, 0.6) is 0 Å². The minimum Gasteiger partial charge on any atom is -0.305 e. The van der Waals surface area contributed by atoms with Crippen molar-refractivity contribution in [1.29, 1.82) is 0 Å². The molecule has 0 fully saturated rings. The van der Waals surface area contributed by atoms with Gasteiger partial charge in [-0.25, -0.2) is 0 Å². The van der Waals surface area contributed by atoms with Crippen LogP contribution in [0.3, 0.4) is 0 Å². The van der Waals surface area contributed by atoms with Crippen molar-refractivity contribution in [1.82, 2.24) is 9.97 Å². The van der Waals surface area contributed by atoms with Crippen LogP contribution in [0.4, 0.5) is 0 Å². The van der Waals surface area contributed by atoms with E-state index >= 15 is 0 Å². The molecule has 9 rings (SSSR count). The molecule has 0 spiro atoms. The van der Waals surface area contributed by atoms with E-state index in [4.69, 9.17) is 4.98 Å². The monoisotopic (exact) mass is 757 g/mol. The third-order valence-corrected chi connectivity index (χ3v) is 9.41. The Morgan fingerprint density at radius 3 is 2.13 bits per heavy atom. The number of fused-ring (bicyclic) bond motifs is 3. The minimum atomic E-state index is 0. The standard InChI is InChI=1S/C31H24N.C11H8N.Ir/c1-18-6-11-26-25(19(18)2)12-13-28-27(26)14-15-32-31(28)24-16-22-9-7-20-4-3-5-21-8-10-23(17-24)30(22)29(20)21;1-2-6-10(7-3-1)11-8-4-5-9-12-11;/h3-6,11-16H,7-10H2,1-2H3;1-6,8-9H;/q2*-1;. The van der Waals surface area contributed by atoms with Crippen molar-refractivity contribution in [3.05, 3.63) is 155 Å². The molecule has 0 saturated carbocycles. The number of nitrogens with zero attached hydrogens (tertiary/aromatic N) is 2. The molecule has 2 aromatic heterocycles. The van der Waals surface area contributed by atoms with E-state index in [1.807, 2.05) is 48.7 Å². The summed E-state index contributed by atoms with van der Waals surface area (Å²) >= 11 is 0. The fourth-order valence-corrected chi connectivity index (χ4v) is 7.07. The summed E-state index contributed by atoms with van der Waals surface area (Å²) in [6.45, 7) is 4.41. The molecule has 7 aromatic rings. The molecule has 45 heavy (non-hydrogen) atoms. The third kappa shape index (κ3) is 5.21. The number of hydrogen-bond donors (Lipinski definition) is 0. The second kappa shape index (κ2) is 12.2. The summed E-state index contributed by atoms with van der Waals surface area (Å²) in [5.41, 5.74) is 15.8. The number of rotatable bonds is 2. The minimum absolute atomic E-state index is 0. The van der Waals surface area contributed by atoms with Gasteiger partial charge in [-0.15, -0.1) is 64.7 Å². The molecule has 1 radical (unpaired) electrons. The zero-order valence-corrected chi connectivity index (χ0v) is 27.8. The van der Waals surface area contributed by atoms with Crippen molar-refractivity contribution in [3.63, 3.8) is 0 Å². The van der Waals surface area contributed by atoms with E-state index in [9.17, 15) is 0 Å². The molecule has 221 valence electrons. The Morgan fingerprint density at radius 2 is 1.33 bits per heavy atom. The van der Waals surface area contributed by atoms with Crippen LogP contribution in [-0.2, 0) is 45.8 Å². The van der Waals surface area contributed by atoms with Gasteiger partial charge in [0.15, 0.2) is 0 Å². The maximum absolute atomic E-state index is 4.88. The van der Waals surface area contributed by atoms with Crippen molar-refractivity contribution in [2.45, 2.75) is 39.5 Å². The number of aryl methyl sites for hydroxylation is 6. The van der Waals surface area contributed by atoms with E-state index in [1.165, 1.54) is 66.1 Å². The van der Waals surface area contributed by atoms with E-state index in [0.717, 1.165) is 48.2 Å². The summed E-state index contributed by atoms with van der Waals surface area (Å²) in [4.78, 5) is 9.09. The number of benzene rings is 5. The average molecular weight is 757 g/mol. The fraction of sp³-hybridized carbons (Fsp3) is 0.143. The normalized spacial score (nSPS) is 12.6. The molecule has 2 aliphatic rings. The maximum atomic E-state index is 4.88. The van der Waals surface area contributed by atoms with E-state index in [0.29, 0.717) is 0 Å². The molecule has 2 nitrogen and oxygen atoms in total. The summed E-state index contributed by atoms with van der Waals surface area (Å²) in [6, 6.07) is 41.1. The molecule has 3 heteroatoms. The Kier molecular flexibility index (Phi) is 7.92. The first-order valence-electron chi connectivity index (χ1n) is 15.5. The van der Waals surface area contributed by atoms with E-state index in [-0.39, 0.29) is 20.1 Å². The van der Waals surface area contributed by atoms with Gasteiger partial charge in [0.2, 0.25) is 0 Å². The smallest absolute Gasteiger partial charge is 0.0167 e. The average Bonchev–Trinajstić information content (AvgIpc) is 3.09. The Labute approximate surface area is 278 Å². The van der Waals surface area contributed by atoms with Crippen LogP contribution in [0.15, 0.2) is 109 Å². The van der Waals surface area contributed by atoms with Gasteiger partial charge < -0.3 is 9.97 Å². The van der Waals surface area contributed by atoms with Gasteiger partial charge in [-0.2, -0.15) is 0 Å². The molecule has 0 atom stereocenters. The Balaban J connectivity index is 0.000000211. The van der Waals surface area contributed by atoms with Gasteiger partial charge in [-0.3, -0.25) is 0 Å². The van der Waals surface area contributed by atoms with Crippen LogP contribution in [0.2, 0.25) is 0 Å². The van der Waals surface area contributed by atoms with E-state index in [2.05, 4.69) is 85.6 Å². The van der Waals surface area contributed by atoms with Crippen molar-refractivity contribution < 1.29 is 20.1 Å². The molecule has 5 aromatic carbocycles. The number of aromatic nitrogens is 2. The van der Waals surface area contributed by atoms with Gasteiger partial charge in [0.1, 0.15) is 0 Å². The second-order valence-electron chi connectivity index (χ2n) is 11.9. The zero-order valence-electron chi connectivity index (χ0n) is 25.4. The zero-order chi connectivity index (χ0) is 29.6. The second-order valence-corrected chi connectivity index (χ2v) is 11.9. The van der Waals surface area contributed by atoms with Crippen molar-refractivity contribution in [2.75, 3.05) is 0 Å². The Bertz CT molecular complexity index is 2100. The molecule has 2 aliphatic carbocycles. The van der Waals surface area contributed by atoms with Crippen molar-refractivity contribution in [2.24, 2.45) is 0 Å².